The van der Waals surface area contributed by atoms with Crippen molar-refractivity contribution in [1.82, 2.24) is 0 Å². The van der Waals surface area contributed by atoms with Crippen LogP contribution in [0.15, 0.2) is 36.4 Å². The van der Waals surface area contributed by atoms with Crippen molar-refractivity contribution in [2.45, 2.75) is 53.9 Å². The van der Waals surface area contributed by atoms with Crippen molar-refractivity contribution < 1.29 is 19.1 Å². The molecular weight excluding hydrogens is 499 g/mol. The lowest BCUT2D eigenvalue weighted by Gasteiger charge is -2.26. The molecule has 8 heteroatoms. The molecule has 0 aliphatic heterocycles. The number of benzene rings is 2. The Morgan fingerprint density at radius 2 is 1.19 bits per heavy atom. The Morgan fingerprint density at radius 3 is 1.61 bits per heavy atom. The van der Waals surface area contributed by atoms with E-state index < -0.39 is 0 Å². The fourth-order valence-corrected chi connectivity index (χ4v) is 4.22. The van der Waals surface area contributed by atoms with Crippen molar-refractivity contribution in [3.8, 4) is 0 Å². The largest absolute Gasteiger partial charge is 0.364 e. The Balaban J connectivity index is 0.000000360. The summed E-state index contributed by atoms with van der Waals surface area (Å²) in [5.41, 5.74) is 6.37. The zero-order chi connectivity index (χ0) is 27.1. The molecule has 2 aromatic rings. The molecule has 0 aromatic heterocycles. The molecule has 0 aliphatic rings. The molecule has 2 amide bonds. The number of hydrogen-bond donors (Lipinski definition) is 0. The highest BCUT2D eigenvalue weighted by Crippen LogP contribution is 2.28. The molecule has 0 unspecified atom stereocenters. The molecule has 0 fully saturated rings. The van der Waals surface area contributed by atoms with Crippen molar-refractivity contribution in [2.75, 3.05) is 48.7 Å². The van der Waals surface area contributed by atoms with Gasteiger partial charge in [0.15, 0.2) is 0 Å². The Labute approximate surface area is 226 Å². The van der Waals surface area contributed by atoms with Gasteiger partial charge in [-0.15, -0.1) is 23.2 Å². The second kappa shape index (κ2) is 17.4. The van der Waals surface area contributed by atoms with Crippen LogP contribution in [0, 0.1) is 6.92 Å². The maximum absolute atomic E-state index is 12.0. The first-order chi connectivity index (χ1) is 17.3. The number of carbonyl (C=O) groups excluding carboxylic acids is 2. The molecule has 0 spiro atoms. The number of anilines is 2. The summed E-state index contributed by atoms with van der Waals surface area (Å²) in [6, 6.07) is 12.1. The third kappa shape index (κ3) is 8.77. The van der Waals surface area contributed by atoms with E-state index >= 15 is 0 Å². The monoisotopic (exact) mass is 538 g/mol. The average Bonchev–Trinajstić information content (AvgIpc) is 2.91. The summed E-state index contributed by atoms with van der Waals surface area (Å²) in [4.78, 5) is 27.2. The second-order valence-electron chi connectivity index (χ2n) is 8.02. The van der Waals surface area contributed by atoms with Gasteiger partial charge in [-0.2, -0.15) is 0 Å². The third-order valence-electron chi connectivity index (χ3n) is 5.72. The highest BCUT2D eigenvalue weighted by Gasteiger charge is 2.20. The summed E-state index contributed by atoms with van der Waals surface area (Å²) in [5.74, 6) is -0.335. The smallest absolute Gasteiger partial charge is 0.243 e. The lowest BCUT2D eigenvalue weighted by Crippen LogP contribution is -2.35. The van der Waals surface area contributed by atoms with Gasteiger partial charge in [-0.1, -0.05) is 57.2 Å². The topological polar surface area (TPSA) is 59.1 Å². The summed E-state index contributed by atoms with van der Waals surface area (Å²) >= 11 is 11.4. The van der Waals surface area contributed by atoms with Crippen LogP contribution in [-0.4, -0.2) is 50.8 Å². The molecule has 0 radical (unpaired) electrons. The van der Waals surface area contributed by atoms with Gasteiger partial charge in [-0.25, -0.2) is 0 Å². The van der Waals surface area contributed by atoms with Crippen LogP contribution in [0.5, 0.6) is 0 Å². The Morgan fingerprint density at radius 1 is 0.750 bits per heavy atom. The third-order valence-corrected chi connectivity index (χ3v) is 6.18. The van der Waals surface area contributed by atoms with E-state index in [0.29, 0.717) is 6.61 Å². The lowest BCUT2D eigenvalue weighted by atomic mass is 10.0. The molecule has 2 rings (SSSR count). The molecule has 0 bridgehead atoms. The van der Waals surface area contributed by atoms with Crippen LogP contribution in [0.25, 0.3) is 0 Å². The van der Waals surface area contributed by atoms with E-state index in [-0.39, 0.29) is 37.0 Å². The molecule has 0 heterocycles. The minimum absolute atomic E-state index is 0.0371. The molecule has 6 nitrogen and oxygen atoms in total. The van der Waals surface area contributed by atoms with E-state index in [1.165, 1.54) is 0 Å². The Hall–Kier alpha value is -2.12. The van der Waals surface area contributed by atoms with Crippen LogP contribution < -0.4 is 9.80 Å². The first-order valence-electron chi connectivity index (χ1n) is 12.3. The van der Waals surface area contributed by atoms with Gasteiger partial charge in [0.05, 0.1) is 11.4 Å². The first kappa shape index (κ1) is 31.9. The maximum Gasteiger partial charge on any atom is 0.243 e. The molecule has 2 aromatic carbocycles. The number of alkyl halides is 2. The maximum atomic E-state index is 12.0. The van der Waals surface area contributed by atoms with E-state index in [2.05, 4.69) is 20.8 Å². The summed E-state index contributed by atoms with van der Waals surface area (Å²) in [7, 11) is 1.58. The standard InChI is InChI=1S/2C14H20ClNO2/c1-4-11-7-6-8-12(5-2)14(11)16(10-18-3)13(17)9-15;1-4-12-8-6-7-11(3)14(12)16(10-18-5-2)13(17)9-15/h2*6-8H,4-5,9-10H2,1-3H3. The van der Waals surface area contributed by atoms with Crippen molar-refractivity contribution in [3.63, 3.8) is 0 Å². The summed E-state index contributed by atoms with van der Waals surface area (Å²) in [6.07, 6.45) is 2.62. The lowest BCUT2D eigenvalue weighted by molar-refractivity contribution is -0.118. The minimum Gasteiger partial charge on any atom is -0.364 e. The van der Waals surface area contributed by atoms with Gasteiger partial charge in [0.1, 0.15) is 25.2 Å². The van der Waals surface area contributed by atoms with Gasteiger partial charge in [0, 0.05) is 13.7 Å². The highest BCUT2D eigenvalue weighted by atomic mass is 35.5. The number of ether oxygens (including phenoxy) is 2. The summed E-state index contributed by atoms with van der Waals surface area (Å²) in [6.45, 7) is 11.2. The van der Waals surface area contributed by atoms with Gasteiger partial charge < -0.3 is 9.47 Å². The fourth-order valence-electron chi connectivity index (χ4n) is 3.93. The normalized spacial score (nSPS) is 10.4. The predicted molar refractivity (Wildman–Crippen MR) is 151 cm³/mol. The van der Waals surface area contributed by atoms with Crippen LogP contribution in [0.3, 0.4) is 0 Å². The van der Waals surface area contributed by atoms with Crippen molar-refractivity contribution in [3.05, 3.63) is 58.7 Å². The summed E-state index contributed by atoms with van der Waals surface area (Å²) in [5, 5.41) is 0. The predicted octanol–water partition coefficient (Wildman–Crippen LogP) is 6.11. The fraction of sp³-hybridized carbons (Fsp3) is 0.500. The van der Waals surface area contributed by atoms with E-state index in [9.17, 15) is 9.59 Å². The molecule has 0 aliphatic carbocycles. The van der Waals surface area contributed by atoms with Crippen LogP contribution in [0.1, 0.15) is 49.9 Å². The molecule has 0 saturated carbocycles. The number of carbonyl (C=O) groups is 2. The number of aryl methyl sites for hydroxylation is 4. The average molecular weight is 540 g/mol. The van der Waals surface area contributed by atoms with Gasteiger partial charge in [0.25, 0.3) is 0 Å². The quantitative estimate of drug-likeness (QED) is 0.241. The SMILES string of the molecule is CCOCN(C(=O)CCl)c1c(C)cccc1CC.CCc1cccc(CC)c1N(COC)C(=O)CCl. The summed E-state index contributed by atoms with van der Waals surface area (Å²) < 4.78 is 10.5. The molecule has 36 heavy (non-hydrogen) atoms. The number of halogens is 2. The number of nitrogens with zero attached hydrogens (tertiary/aromatic N) is 2. The van der Waals surface area contributed by atoms with Crippen molar-refractivity contribution in [2.24, 2.45) is 0 Å². The van der Waals surface area contributed by atoms with Gasteiger partial charge >= 0.3 is 0 Å². The van der Waals surface area contributed by atoms with Crippen molar-refractivity contribution >= 4 is 46.4 Å². The van der Waals surface area contributed by atoms with Crippen LogP contribution in [0.4, 0.5) is 11.4 Å². The number of hydrogen-bond acceptors (Lipinski definition) is 4. The number of methoxy groups -OCH3 is 1. The van der Waals surface area contributed by atoms with Crippen LogP contribution >= 0.6 is 23.2 Å². The van der Waals surface area contributed by atoms with E-state index in [1.54, 1.807) is 16.9 Å². The van der Waals surface area contributed by atoms with E-state index in [4.69, 9.17) is 32.7 Å². The van der Waals surface area contributed by atoms with Gasteiger partial charge in [0.2, 0.25) is 11.8 Å². The van der Waals surface area contributed by atoms with Crippen LogP contribution in [-0.2, 0) is 38.3 Å². The molecule has 0 saturated heterocycles. The Bertz CT molecular complexity index is 946. The Kier molecular flexibility index (Phi) is 15.4. The number of rotatable bonds is 12. The van der Waals surface area contributed by atoms with Gasteiger partial charge in [-0.05, 0) is 55.4 Å². The van der Waals surface area contributed by atoms with E-state index in [0.717, 1.165) is 52.9 Å². The number of para-hydroxylation sites is 2. The zero-order valence-electron chi connectivity index (χ0n) is 22.4. The molecular formula is C28H40Cl2N2O4. The molecule has 200 valence electrons. The first-order valence-corrected chi connectivity index (χ1v) is 13.4. The van der Waals surface area contributed by atoms with Gasteiger partial charge in [-0.3, -0.25) is 19.4 Å². The minimum atomic E-state index is -0.130. The van der Waals surface area contributed by atoms with Crippen molar-refractivity contribution in [1.29, 1.82) is 0 Å². The number of amides is 2. The zero-order valence-corrected chi connectivity index (χ0v) is 23.9. The molecule has 0 atom stereocenters. The second-order valence-corrected chi connectivity index (χ2v) is 8.55. The van der Waals surface area contributed by atoms with Crippen LogP contribution in [0.2, 0.25) is 0 Å². The molecule has 0 N–H and O–H groups in total. The highest BCUT2D eigenvalue weighted by molar-refractivity contribution is 6.29. The van der Waals surface area contributed by atoms with E-state index in [1.807, 2.05) is 50.2 Å².